The number of imide groups is 1. The molecule has 2 aromatic rings. The highest BCUT2D eigenvalue weighted by Crippen LogP contribution is 2.34. The Morgan fingerprint density at radius 3 is 2.46 bits per heavy atom. The Balaban J connectivity index is 1.82. The third-order valence-electron chi connectivity index (χ3n) is 3.96. The SMILES string of the molecule is CN(C)c1ccc(/C=C2\SC(=O)N(Cc3c(F)cccc3Cl)C2=O)cc1. The number of carbonyl (C=O) groups excluding carboxylic acids is 2. The Bertz CT molecular complexity index is 877. The van der Waals surface area contributed by atoms with Crippen molar-refractivity contribution in [3.05, 3.63) is 69.3 Å². The standard InChI is InChI=1S/C19H16ClFN2O2S/c1-22(2)13-8-6-12(7-9-13)10-17-18(24)23(19(25)26-17)11-14-15(20)4-3-5-16(14)21/h3-10H,11H2,1-2H3/b17-10-. The fourth-order valence-corrected chi connectivity index (χ4v) is 3.56. The maximum atomic E-state index is 13.9. The zero-order valence-corrected chi connectivity index (χ0v) is 15.8. The number of benzene rings is 2. The van der Waals surface area contributed by atoms with Crippen LogP contribution in [-0.4, -0.2) is 30.1 Å². The van der Waals surface area contributed by atoms with Gasteiger partial charge in [0.15, 0.2) is 0 Å². The van der Waals surface area contributed by atoms with Gasteiger partial charge in [-0.05, 0) is 47.7 Å². The molecule has 0 radical (unpaired) electrons. The van der Waals surface area contributed by atoms with Crippen molar-refractivity contribution in [2.75, 3.05) is 19.0 Å². The summed E-state index contributed by atoms with van der Waals surface area (Å²) in [5.41, 5.74) is 1.97. The van der Waals surface area contributed by atoms with Crippen LogP contribution in [0.5, 0.6) is 0 Å². The molecule has 0 spiro atoms. The van der Waals surface area contributed by atoms with E-state index < -0.39 is 17.0 Å². The van der Waals surface area contributed by atoms with Crippen molar-refractivity contribution < 1.29 is 14.0 Å². The molecule has 1 saturated heterocycles. The van der Waals surface area contributed by atoms with Gasteiger partial charge in [0.1, 0.15) is 5.82 Å². The minimum absolute atomic E-state index is 0.132. The third kappa shape index (κ3) is 3.76. The summed E-state index contributed by atoms with van der Waals surface area (Å²) < 4.78 is 13.9. The zero-order valence-electron chi connectivity index (χ0n) is 14.2. The Morgan fingerprint density at radius 2 is 1.85 bits per heavy atom. The monoisotopic (exact) mass is 390 g/mol. The predicted molar refractivity (Wildman–Crippen MR) is 104 cm³/mol. The first-order valence-electron chi connectivity index (χ1n) is 7.82. The van der Waals surface area contributed by atoms with Gasteiger partial charge in [-0.1, -0.05) is 29.8 Å². The van der Waals surface area contributed by atoms with E-state index in [1.807, 2.05) is 43.3 Å². The summed E-state index contributed by atoms with van der Waals surface area (Å²) in [6.07, 6.45) is 1.66. The van der Waals surface area contributed by atoms with Crippen LogP contribution in [-0.2, 0) is 11.3 Å². The molecule has 1 aliphatic heterocycles. The molecule has 0 bridgehead atoms. The molecule has 26 heavy (non-hydrogen) atoms. The Hall–Kier alpha value is -2.31. The maximum absolute atomic E-state index is 13.9. The van der Waals surface area contributed by atoms with Crippen molar-refractivity contribution in [3.63, 3.8) is 0 Å². The van der Waals surface area contributed by atoms with E-state index in [-0.39, 0.29) is 17.1 Å². The summed E-state index contributed by atoms with van der Waals surface area (Å²) in [4.78, 5) is 28.1. The smallest absolute Gasteiger partial charge is 0.293 e. The predicted octanol–water partition coefficient (Wildman–Crippen LogP) is 4.78. The van der Waals surface area contributed by atoms with E-state index in [4.69, 9.17) is 11.6 Å². The summed E-state index contributed by atoms with van der Waals surface area (Å²) in [6.45, 7) is -0.187. The fraction of sp³-hybridized carbons (Fsp3) is 0.158. The van der Waals surface area contributed by atoms with Gasteiger partial charge in [0, 0.05) is 30.4 Å². The minimum atomic E-state index is -0.542. The quantitative estimate of drug-likeness (QED) is 0.704. The fourth-order valence-electron chi connectivity index (χ4n) is 2.50. The van der Waals surface area contributed by atoms with Crippen LogP contribution in [0.2, 0.25) is 5.02 Å². The highest BCUT2D eigenvalue weighted by atomic mass is 35.5. The van der Waals surface area contributed by atoms with Gasteiger partial charge in [0.2, 0.25) is 0 Å². The Labute approximate surface area is 160 Å². The molecule has 2 aromatic carbocycles. The molecular weight excluding hydrogens is 375 g/mol. The Morgan fingerprint density at radius 1 is 1.15 bits per heavy atom. The first-order valence-corrected chi connectivity index (χ1v) is 9.02. The molecular formula is C19H16ClFN2O2S. The van der Waals surface area contributed by atoms with Crippen molar-refractivity contribution in [2.45, 2.75) is 6.54 Å². The van der Waals surface area contributed by atoms with Gasteiger partial charge in [0.05, 0.1) is 11.4 Å². The summed E-state index contributed by atoms with van der Waals surface area (Å²) in [7, 11) is 3.88. The lowest BCUT2D eigenvalue weighted by Crippen LogP contribution is -2.28. The molecule has 134 valence electrons. The van der Waals surface area contributed by atoms with Crippen molar-refractivity contribution in [3.8, 4) is 0 Å². The van der Waals surface area contributed by atoms with Gasteiger partial charge >= 0.3 is 0 Å². The lowest BCUT2D eigenvalue weighted by molar-refractivity contribution is -0.123. The van der Waals surface area contributed by atoms with Crippen molar-refractivity contribution >= 4 is 46.3 Å². The molecule has 0 atom stereocenters. The summed E-state index contributed by atoms with van der Waals surface area (Å²) >= 11 is 6.84. The van der Waals surface area contributed by atoms with Gasteiger partial charge in [-0.15, -0.1) is 0 Å². The van der Waals surface area contributed by atoms with Gasteiger partial charge in [-0.2, -0.15) is 0 Å². The Kier molecular flexibility index (Phi) is 5.34. The van der Waals surface area contributed by atoms with Crippen molar-refractivity contribution in [2.24, 2.45) is 0 Å². The number of anilines is 1. The number of carbonyl (C=O) groups is 2. The normalized spacial score (nSPS) is 15.8. The summed E-state index contributed by atoms with van der Waals surface area (Å²) in [5, 5.41) is -0.252. The highest BCUT2D eigenvalue weighted by molar-refractivity contribution is 8.18. The molecule has 1 fully saturated rings. The van der Waals surface area contributed by atoms with Crippen LogP contribution in [0.1, 0.15) is 11.1 Å². The van der Waals surface area contributed by atoms with Crippen molar-refractivity contribution in [1.29, 1.82) is 0 Å². The number of amides is 2. The molecule has 0 aliphatic carbocycles. The third-order valence-corrected chi connectivity index (χ3v) is 5.22. The van der Waals surface area contributed by atoms with Crippen LogP contribution in [0.15, 0.2) is 47.4 Å². The van der Waals surface area contributed by atoms with Gasteiger partial charge in [-0.3, -0.25) is 14.5 Å². The van der Waals surface area contributed by atoms with E-state index in [0.717, 1.165) is 27.9 Å². The lowest BCUT2D eigenvalue weighted by atomic mass is 10.1. The van der Waals surface area contributed by atoms with E-state index in [0.29, 0.717) is 4.91 Å². The van der Waals surface area contributed by atoms with E-state index in [9.17, 15) is 14.0 Å². The average Bonchev–Trinajstić information content (AvgIpc) is 2.85. The number of rotatable bonds is 4. The molecule has 0 saturated carbocycles. The zero-order chi connectivity index (χ0) is 18.8. The van der Waals surface area contributed by atoms with Crippen molar-refractivity contribution in [1.82, 2.24) is 4.90 Å². The van der Waals surface area contributed by atoms with Crippen LogP contribution in [0.4, 0.5) is 14.9 Å². The summed E-state index contributed by atoms with van der Waals surface area (Å²) in [5.74, 6) is -0.990. The molecule has 7 heteroatoms. The molecule has 4 nitrogen and oxygen atoms in total. The lowest BCUT2D eigenvalue weighted by Gasteiger charge is -2.14. The van der Waals surface area contributed by atoms with Gasteiger partial charge in [0.25, 0.3) is 11.1 Å². The number of hydrogen-bond donors (Lipinski definition) is 0. The minimum Gasteiger partial charge on any atom is -0.378 e. The van der Waals surface area contributed by atoms with Gasteiger partial charge in [-0.25, -0.2) is 4.39 Å². The molecule has 0 N–H and O–H groups in total. The molecule has 1 aliphatic rings. The number of thioether (sulfide) groups is 1. The topological polar surface area (TPSA) is 40.6 Å². The van der Waals surface area contributed by atoms with E-state index in [2.05, 4.69) is 0 Å². The summed E-state index contributed by atoms with van der Waals surface area (Å²) in [6, 6.07) is 11.9. The second kappa shape index (κ2) is 7.51. The van der Waals surface area contributed by atoms with Crippen LogP contribution < -0.4 is 4.90 Å². The van der Waals surface area contributed by atoms with Crippen LogP contribution in [0.25, 0.3) is 6.08 Å². The highest BCUT2D eigenvalue weighted by Gasteiger charge is 2.35. The largest absolute Gasteiger partial charge is 0.378 e. The molecule has 0 unspecified atom stereocenters. The van der Waals surface area contributed by atoms with Crippen LogP contribution >= 0.6 is 23.4 Å². The first kappa shape index (κ1) is 18.5. The second-order valence-electron chi connectivity index (χ2n) is 5.95. The molecule has 2 amide bonds. The average molecular weight is 391 g/mol. The second-order valence-corrected chi connectivity index (χ2v) is 7.35. The van der Waals surface area contributed by atoms with E-state index >= 15 is 0 Å². The number of halogens is 2. The first-order chi connectivity index (χ1) is 12.4. The number of nitrogens with zero attached hydrogens (tertiary/aromatic N) is 2. The molecule has 0 aromatic heterocycles. The van der Waals surface area contributed by atoms with Crippen LogP contribution in [0, 0.1) is 5.82 Å². The van der Waals surface area contributed by atoms with Crippen LogP contribution in [0.3, 0.4) is 0 Å². The van der Waals surface area contributed by atoms with E-state index in [1.165, 1.54) is 18.2 Å². The number of hydrogen-bond acceptors (Lipinski definition) is 4. The van der Waals surface area contributed by atoms with E-state index in [1.54, 1.807) is 6.08 Å². The maximum Gasteiger partial charge on any atom is 0.293 e. The molecule has 1 heterocycles. The molecule has 3 rings (SSSR count). The van der Waals surface area contributed by atoms with Gasteiger partial charge < -0.3 is 4.90 Å².